The fourth-order valence-electron chi connectivity index (χ4n) is 5.37. The molecule has 0 aromatic heterocycles. The average Bonchev–Trinajstić information content (AvgIpc) is 2.77. The molecule has 1 N–H and O–H groups in total. The highest BCUT2D eigenvalue weighted by molar-refractivity contribution is 5.81. The van der Waals surface area contributed by atoms with E-state index in [1.165, 1.54) is 12.1 Å². The summed E-state index contributed by atoms with van der Waals surface area (Å²) in [5.41, 5.74) is 1.05. The quantitative estimate of drug-likeness (QED) is 0.816. The van der Waals surface area contributed by atoms with E-state index in [9.17, 15) is 19.1 Å². The number of ether oxygens (including phenoxy) is 1. The summed E-state index contributed by atoms with van der Waals surface area (Å²) in [5, 5.41) is 9.53. The molecule has 0 aliphatic carbocycles. The van der Waals surface area contributed by atoms with Gasteiger partial charge in [0, 0.05) is 45.1 Å². The number of halogens is 1. The summed E-state index contributed by atoms with van der Waals surface area (Å²) >= 11 is 0. The van der Waals surface area contributed by atoms with Gasteiger partial charge in [0.2, 0.25) is 0 Å². The van der Waals surface area contributed by atoms with Gasteiger partial charge in [-0.3, -0.25) is 4.79 Å². The van der Waals surface area contributed by atoms with Crippen LogP contribution in [0.3, 0.4) is 0 Å². The van der Waals surface area contributed by atoms with Crippen molar-refractivity contribution in [2.75, 3.05) is 39.4 Å². The van der Waals surface area contributed by atoms with Gasteiger partial charge in [-0.25, -0.2) is 9.18 Å². The number of ketones is 1. The molecule has 6 nitrogen and oxygen atoms in total. The fraction of sp³-hybridized carbons (Fsp3) is 0.652. The smallest absolute Gasteiger partial charge is 0.320 e. The number of nitrogens with zero attached hydrogens (tertiary/aromatic N) is 2. The van der Waals surface area contributed by atoms with E-state index in [2.05, 4.69) is 0 Å². The molecule has 1 unspecified atom stereocenters. The van der Waals surface area contributed by atoms with Gasteiger partial charge in [-0.1, -0.05) is 12.1 Å². The average molecular weight is 419 g/mol. The van der Waals surface area contributed by atoms with E-state index >= 15 is 0 Å². The molecular formula is C23H31FN2O4. The maximum Gasteiger partial charge on any atom is 0.320 e. The zero-order valence-corrected chi connectivity index (χ0v) is 17.3. The molecule has 0 bridgehead atoms. The Bertz CT molecular complexity index is 748. The number of benzene rings is 1. The topological polar surface area (TPSA) is 70.1 Å². The number of aliphatic hydroxyl groups is 1. The van der Waals surface area contributed by atoms with E-state index in [1.807, 2.05) is 21.9 Å². The SMILES string of the molecule is O=C1CO[C@H]2CCN(C(=O)N3CCC(C(CCO)c4ccc(F)cc4)CC3)C[C@H]2C1. The van der Waals surface area contributed by atoms with Crippen molar-refractivity contribution in [1.82, 2.24) is 9.80 Å². The number of piperidine rings is 2. The Morgan fingerprint density at radius 1 is 1.13 bits per heavy atom. The van der Waals surface area contributed by atoms with Gasteiger partial charge in [-0.15, -0.1) is 0 Å². The Labute approximate surface area is 177 Å². The van der Waals surface area contributed by atoms with Crippen LogP contribution in [0.5, 0.6) is 0 Å². The first kappa shape index (κ1) is 21.2. The second-order valence-electron chi connectivity index (χ2n) is 8.86. The second-order valence-corrected chi connectivity index (χ2v) is 8.86. The number of hydrogen-bond acceptors (Lipinski definition) is 4. The number of Topliss-reactive ketones (excluding diaryl/α,β-unsaturated/α-hetero) is 1. The largest absolute Gasteiger partial charge is 0.396 e. The van der Waals surface area contributed by atoms with Crippen molar-refractivity contribution < 1.29 is 23.8 Å². The van der Waals surface area contributed by atoms with Crippen LogP contribution in [0.4, 0.5) is 9.18 Å². The van der Waals surface area contributed by atoms with Crippen molar-refractivity contribution in [2.45, 2.75) is 44.1 Å². The normalized spacial score (nSPS) is 26.4. The zero-order valence-electron chi connectivity index (χ0n) is 17.3. The molecule has 3 aliphatic rings. The predicted molar refractivity (Wildman–Crippen MR) is 110 cm³/mol. The number of hydrogen-bond donors (Lipinski definition) is 1. The number of carbonyl (C=O) groups excluding carboxylic acids is 2. The van der Waals surface area contributed by atoms with Crippen LogP contribution in [0.15, 0.2) is 24.3 Å². The lowest BCUT2D eigenvalue weighted by Crippen LogP contribution is -2.54. The first-order valence-electron chi connectivity index (χ1n) is 11.1. The Kier molecular flexibility index (Phi) is 6.68. The van der Waals surface area contributed by atoms with Crippen LogP contribution in [0, 0.1) is 17.7 Å². The molecule has 4 rings (SSSR count). The van der Waals surface area contributed by atoms with E-state index < -0.39 is 0 Å². The first-order chi connectivity index (χ1) is 14.5. The van der Waals surface area contributed by atoms with Crippen LogP contribution < -0.4 is 0 Å². The van der Waals surface area contributed by atoms with Gasteiger partial charge in [0.05, 0.1) is 6.10 Å². The number of amides is 2. The summed E-state index contributed by atoms with van der Waals surface area (Å²) in [5.74, 6) is 0.530. The summed E-state index contributed by atoms with van der Waals surface area (Å²) in [6.45, 7) is 2.96. The molecule has 1 aromatic carbocycles. The Balaban J connectivity index is 1.33. The molecule has 3 aliphatic heterocycles. The van der Waals surface area contributed by atoms with Crippen LogP contribution >= 0.6 is 0 Å². The Morgan fingerprint density at radius 3 is 2.53 bits per heavy atom. The van der Waals surface area contributed by atoms with Crippen LogP contribution in [0.2, 0.25) is 0 Å². The number of carbonyl (C=O) groups is 2. The summed E-state index contributed by atoms with van der Waals surface area (Å²) in [6.07, 6.45) is 3.80. The third-order valence-electron chi connectivity index (χ3n) is 7.00. The van der Waals surface area contributed by atoms with Crippen molar-refractivity contribution in [3.63, 3.8) is 0 Å². The van der Waals surface area contributed by atoms with Gasteiger partial charge in [-0.2, -0.15) is 0 Å². The molecular weight excluding hydrogens is 387 g/mol. The first-order valence-corrected chi connectivity index (χ1v) is 11.1. The highest BCUT2D eigenvalue weighted by atomic mass is 19.1. The molecule has 0 radical (unpaired) electrons. The van der Waals surface area contributed by atoms with E-state index in [-0.39, 0.29) is 48.8 Å². The van der Waals surface area contributed by atoms with Crippen LogP contribution in [-0.2, 0) is 9.53 Å². The minimum absolute atomic E-state index is 0.0606. The molecule has 3 atom stereocenters. The molecule has 3 fully saturated rings. The molecule has 164 valence electrons. The number of aliphatic hydroxyl groups excluding tert-OH is 1. The molecule has 2 amide bonds. The molecule has 3 heterocycles. The van der Waals surface area contributed by atoms with Gasteiger partial charge in [-0.05, 0) is 55.2 Å². The lowest BCUT2D eigenvalue weighted by atomic mass is 9.78. The van der Waals surface area contributed by atoms with Crippen molar-refractivity contribution in [1.29, 1.82) is 0 Å². The zero-order chi connectivity index (χ0) is 21.1. The number of fused-ring (bicyclic) bond motifs is 1. The summed E-state index contributed by atoms with van der Waals surface area (Å²) < 4.78 is 18.9. The lowest BCUT2D eigenvalue weighted by Gasteiger charge is -2.43. The summed E-state index contributed by atoms with van der Waals surface area (Å²) in [7, 11) is 0. The molecule has 7 heteroatoms. The van der Waals surface area contributed by atoms with Crippen LogP contribution in [0.1, 0.15) is 43.6 Å². The summed E-state index contributed by atoms with van der Waals surface area (Å²) in [6, 6.07) is 6.63. The van der Waals surface area contributed by atoms with Crippen molar-refractivity contribution in [2.24, 2.45) is 11.8 Å². The van der Waals surface area contributed by atoms with Crippen LogP contribution in [0.25, 0.3) is 0 Å². The van der Waals surface area contributed by atoms with Gasteiger partial charge < -0.3 is 19.6 Å². The molecule has 0 spiro atoms. The second kappa shape index (κ2) is 9.43. The van der Waals surface area contributed by atoms with Crippen molar-refractivity contribution in [3.8, 4) is 0 Å². The highest BCUT2D eigenvalue weighted by Gasteiger charge is 2.38. The molecule has 1 aromatic rings. The third kappa shape index (κ3) is 4.67. The number of likely N-dealkylation sites (tertiary alicyclic amines) is 2. The number of rotatable bonds is 4. The predicted octanol–water partition coefficient (Wildman–Crippen LogP) is 2.80. The molecule has 0 saturated carbocycles. The van der Waals surface area contributed by atoms with Crippen molar-refractivity contribution >= 4 is 11.8 Å². The third-order valence-corrected chi connectivity index (χ3v) is 7.00. The Hall–Kier alpha value is -1.99. The van der Waals surface area contributed by atoms with Gasteiger partial charge in [0.15, 0.2) is 5.78 Å². The molecule has 30 heavy (non-hydrogen) atoms. The van der Waals surface area contributed by atoms with Gasteiger partial charge in [0.25, 0.3) is 0 Å². The van der Waals surface area contributed by atoms with Gasteiger partial charge >= 0.3 is 6.03 Å². The highest BCUT2D eigenvalue weighted by Crippen LogP contribution is 2.36. The van der Waals surface area contributed by atoms with E-state index in [1.54, 1.807) is 0 Å². The summed E-state index contributed by atoms with van der Waals surface area (Å²) in [4.78, 5) is 28.6. The number of urea groups is 1. The molecule has 3 saturated heterocycles. The Morgan fingerprint density at radius 2 is 1.83 bits per heavy atom. The van der Waals surface area contributed by atoms with E-state index in [0.717, 1.165) is 24.8 Å². The lowest BCUT2D eigenvalue weighted by molar-refractivity contribution is -0.140. The monoisotopic (exact) mass is 418 g/mol. The van der Waals surface area contributed by atoms with Crippen molar-refractivity contribution in [3.05, 3.63) is 35.6 Å². The minimum atomic E-state index is -0.254. The minimum Gasteiger partial charge on any atom is -0.396 e. The van der Waals surface area contributed by atoms with E-state index in [0.29, 0.717) is 44.9 Å². The standard InChI is InChI=1S/C23H31FN2O4/c24-19-3-1-16(2-4-19)21(8-12-27)17-5-9-25(10-6-17)23(29)26-11-7-22-18(14-26)13-20(28)15-30-22/h1-4,17-18,21-22,27H,5-15H2/t18-,21?,22+/m1/s1. The maximum absolute atomic E-state index is 13.3. The fourth-order valence-corrected chi connectivity index (χ4v) is 5.37. The maximum atomic E-state index is 13.3. The van der Waals surface area contributed by atoms with E-state index in [4.69, 9.17) is 4.74 Å². The van der Waals surface area contributed by atoms with Gasteiger partial charge in [0.1, 0.15) is 12.4 Å². The van der Waals surface area contributed by atoms with Crippen LogP contribution in [-0.4, -0.2) is 72.2 Å².